The van der Waals surface area contributed by atoms with E-state index in [4.69, 9.17) is 0 Å². The molecule has 0 radical (unpaired) electrons. The average Bonchev–Trinajstić information content (AvgIpc) is 3.49. The number of carboxylic acid groups (broad SMARTS) is 6. The maximum absolute atomic E-state index is 13.5. The number of nitrogens with zero attached hydrogens (tertiary/aromatic N) is 3. The molecular formula is C41H66N4O14. The predicted molar refractivity (Wildman–Crippen MR) is 210 cm³/mol. The second-order valence-corrected chi connectivity index (χ2v) is 18.3. The molecule has 0 saturated heterocycles. The van der Waals surface area contributed by atoms with Gasteiger partial charge in [-0.3, -0.25) is 48.3 Å². The Morgan fingerprint density at radius 2 is 1.22 bits per heavy atom. The molecule has 4 aliphatic rings. The molecule has 0 aromatic rings. The van der Waals surface area contributed by atoms with Gasteiger partial charge < -0.3 is 41.1 Å². The third-order valence-electron chi connectivity index (χ3n) is 14.9. The van der Waals surface area contributed by atoms with Crippen LogP contribution in [0.5, 0.6) is 0 Å². The first-order valence-corrected chi connectivity index (χ1v) is 21.1. The van der Waals surface area contributed by atoms with E-state index in [2.05, 4.69) is 26.1 Å². The van der Waals surface area contributed by atoms with Crippen LogP contribution in [0.4, 0.5) is 0 Å². The van der Waals surface area contributed by atoms with Crippen LogP contribution in [-0.2, 0) is 33.6 Å². The zero-order chi connectivity index (χ0) is 43.8. The third kappa shape index (κ3) is 12.1. The minimum absolute atomic E-state index is 0.0152. The number of fused-ring (bicyclic) bond motifs is 5. The molecular weight excluding hydrogens is 772 g/mol. The van der Waals surface area contributed by atoms with E-state index in [0.717, 1.165) is 54.7 Å². The van der Waals surface area contributed by atoms with Crippen molar-refractivity contribution >= 4 is 41.7 Å². The SMILES string of the molecule is C[C@H](CCC(=O)O)[C@H]1CC[C@H]2[C@@H]3CC[C@@H]4C[C@H](NC(=O)CC[C@@H](C(=O)O)N(CCN(CC(=O)O)CC(=O)O)CCN(CC(=O)O)CC(=O)O)CC[C@@]4(C)[C@@H]3C[C@@H](O)[C@@]12C. The zero-order valence-electron chi connectivity index (χ0n) is 34.7. The predicted octanol–water partition coefficient (Wildman–Crippen LogP) is 2.08. The maximum atomic E-state index is 13.5. The summed E-state index contributed by atoms with van der Waals surface area (Å²) in [6.45, 7) is 3.51. The molecule has 0 spiro atoms. The van der Waals surface area contributed by atoms with E-state index in [-0.39, 0.29) is 80.1 Å². The van der Waals surface area contributed by atoms with Gasteiger partial charge in [0, 0.05) is 45.1 Å². The molecule has 334 valence electrons. The van der Waals surface area contributed by atoms with Crippen molar-refractivity contribution in [1.82, 2.24) is 20.0 Å². The number of aliphatic hydroxyl groups is 1. The number of carbonyl (C=O) groups excluding carboxylic acids is 1. The Bertz CT molecular complexity index is 1470. The minimum atomic E-state index is -1.31. The molecule has 4 rings (SSSR count). The largest absolute Gasteiger partial charge is 0.481 e. The van der Waals surface area contributed by atoms with Gasteiger partial charge in [-0.25, -0.2) is 0 Å². The van der Waals surface area contributed by atoms with E-state index in [1.54, 1.807) is 0 Å². The van der Waals surface area contributed by atoms with Gasteiger partial charge in [0.2, 0.25) is 5.91 Å². The molecule has 0 aromatic carbocycles. The van der Waals surface area contributed by atoms with Gasteiger partial charge in [-0.05, 0) is 111 Å². The number of carboxylic acids is 6. The maximum Gasteiger partial charge on any atom is 0.320 e. The fourth-order valence-corrected chi connectivity index (χ4v) is 12.1. The normalized spacial score (nSPS) is 31.1. The van der Waals surface area contributed by atoms with E-state index in [1.807, 2.05) is 0 Å². The van der Waals surface area contributed by atoms with Gasteiger partial charge in [0.05, 0.1) is 32.3 Å². The lowest BCUT2D eigenvalue weighted by molar-refractivity contribution is -0.170. The Hall–Kier alpha value is -3.87. The van der Waals surface area contributed by atoms with Crippen LogP contribution < -0.4 is 5.32 Å². The summed E-state index contributed by atoms with van der Waals surface area (Å²) in [5.74, 6) is -5.61. The summed E-state index contributed by atoms with van der Waals surface area (Å²) >= 11 is 0. The molecule has 4 aliphatic carbocycles. The number of hydrogen-bond donors (Lipinski definition) is 8. The molecule has 59 heavy (non-hydrogen) atoms. The van der Waals surface area contributed by atoms with Gasteiger partial charge in [-0.1, -0.05) is 20.8 Å². The molecule has 1 amide bonds. The van der Waals surface area contributed by atoms with Crippen molar-refractivity contribution in [3.05, 3.63) is 0 Å². The van der Waals surface area contributed by atoms with Crippen molar-refractivity contribution in [3.8, 4) is 0 Å². The number of aliphatic hydroxyl groups excluding tert-OH is 1. The summed E-state index contributed by atoms with van der Waals surface area (Å²) in [7, 11) is 0. The first-order chi connectivity index (χ1) is 27.6. The number of rotatable bonds is 24. The van der Waals surface area contributed by atoms with Gasteiger partial charge in [-0.15, -0.1) is 0 Å². The second-order valence-electron chi connectivity index (χ2n) is 18.3. The van der Waals surface area contributed by atoms with E-state index in [9.17, 15) is 69.3 Å². The van der Waals surface area contributed by atoms with Crippen molar-refractivity contribution < 1.29 is 69.3 Å². The fourth-order valence-electron chi connectivity index (χ4n) is 12.1. The third-order valence-corrected chi connectivity index (χ3v) is 14.9. The molecule has 0 bridgehead atoms. The molecule has 0 aromatic heterocycles. The van der Waals surface area contributed by atoms with E-state index < -0.39 is 74.1 Å². The molecule has 0 aliphatic heterocycles. The van der Waals surface area contributed by atoms with Gasteiger partial charge >= 0.3 is 35.8 Å². The van der Waals surface area contributed by atoms with Crippen LogP contribution in [0.25, 0.3) is 0 Å². The quantitative estimate of drug-likeness (QED) is 0.0691. The van der Waals surface area contributed by atoms with Gasteiger partial charge in [0.15, 0.2) is 0 Å². The second kappa shape index (κ2) is 20.6. The highest BCUT2D eigenvalue weighted by Crippen LogP contribution is 2.68. The van der Waals surface area contributed by atoms with Crippen molar-refractivity contribution in [1.29, 1.82) is 0 Å². The highest BCUT2D eigenvalue weighted by Gasteiger charge is 2.63. The van der Waals surface area contributed by atoms with Crippen molar-refractivity contribution in [3.63, 3.8) is 0 Å². The van der Waals surface area contributed by atoms with E-state index >= 15 is 0 Å². The lowest BCUT2D eigenvalue weighted by atomic mass is 9.43. The first-order valence-electron chi connectivity index (χ1n) is 21.1. The first kappa shape index (κ1) is 47.8. The Labute approximate surface area is 345 Å². The fraction of sp³-hybridized carbons (Fsp3) is 0.829. The van der Waals surface area contributed by atoms with Crippen LogP contribution in [0.2, 0.25) is 0 Å². The summed E-state index contributed by atoms with van der Waals surface area (Å²) < 4.78 is 0. The van der Waals surface area contributed by atoms with Crippen molar-refractivity contribution in [2.75, 3.05) is 52.4 Å². The highest BCUT2D eigenvalue weighted by molar-refractivity contribution is 5.79. The van der Waals surface area contributed by atoms with Crippen LogP contribution in [0.1, 0.15) is 97.8 Å². The van der Waals surface area contributed by atoms with E-state index in [1.165, 1.54) is 4.90 Å². The molecule has 18 heteroatoms. The zero-order valence-corrected chi connectivity index (χ0v) is 34.7. The lowest BCUT2D eigenvalue weighted by Gasteiger charge is -2.62. The van der Waals surface area contributed by atoms with Crippen molar-refractivity contribution in [2.45, 2.75) is 116 Å². The highest BCUT2D eigenvalue weighted by atomic mass is 16.4. The Morgan fingerprint density at radius 1 is 0.661 bits per heavy atom. The molecule has 18 nitrogen and oxygen atoms in total. The summed E-state index contributed by atoms with van der Waals surface area (Å²) in [6, 6.07) is -1.43. The molecule has 0 unspecified atom stereocenters. The van der Waals surface area contributed by atoms with Crippen LogP contribution in [0.15, 0.2) is 0 Å². The Kier molecular flexibility index (Phi) is 16.7. The Morgan fingerprint density at radius 3 is 1.73 bits per heavy atom. The van der Waals surface area contributed by atoms with Crippen LogP contribution in [0.3, 0.4) is 0 Å². The summed E-state index contributed by atoms with van der Waals surface area (Å²) in [5, 5.41) is 71.8. The van der Waals surface area contributed by atoms with E-state index in [0.29, 0.717) is 36.5 Å². The van der Waals surface area contributed by atoms with Crippen LogP contribution >= 0.6 is 0 Å². The Balaban J connectivity index is 1.39. The number of aliphatic carboxylic acids is 6. The summed E-state index contributed by atoms with van der Waals surface area (Å²) in [4.78, 5) is 86.6. The van der Waals surface area contributed by atoms with Gasteiger partial charge in [0.1, 0.15) is 6.04 Å². The molecule has 11 atom stereocenters. The molecule has 8 N–H and O–H groups in total. The summed E-state index contributed by atoms with van der Waals surface area (Å²) in [6.07, 6.45) is 7.09. The van der Waals surface area contributed by atoms with Crippen LogP contribution in [0, 0.1) is 46.3 Å². The minimum Gasteiger partial charge on any atom is -0.481 e. The van der Waals surface area contributed by atoms with Gasteiger partial charge in [0.25, 0.3) is 0 Å². The smallest absolute Gasteiger partial charge is 0.320 e. The number of amides is 1. The average molecular weight is 839 g/mol. The van der Waals surface area contributed by atoms with Gasteiger partial charge in [-0.2, -0.15) is 0 Å². The number of hydrogen-bond acceptors (Lipinski definition) is 11. The number of carbonyl (C=O) groups is 7. The van der Waals surface area contributed by atoms with Crippen molar-refractivity contribution in [2.24, 2.45) is 46.3 Å². The standard InChI is InChI=1S/C41H66N4O14/c1-24(4-11-34(48)49)28-7-8-29-27-6-5-25-18-26(12-13-40(25,2)30(27)19-32(46)41(28,29)3)42-33(47)10-9-31(39(58)59)45(16-14-43(20-35(50)51)21-36(52)53)17-15-44(22-37(54)55)23-38(56)57/h24-32,46H,4-23H2,1-3H3,(H,42,47)(H,48,49)(H,50,51)(H,52,53)(H,54,55)(H,56,57)(H,58,59)/t24-,25-,26-,27+,28-,29+,30-,31+,32-,40-,41+/m1/s1. The molecule has 0 heterocycles. The number of nitrogens with one attached hydrogen (secondary N) is 1. The molecule has 4 fully saturated rings. The summed E-state index contributed by atoms with van der Waals surface area (Å²) in [5.41, 5.74) is -0.262. The van der Waals surface area contributed by atoms with Crippen LogP contribution in [-0.4, -0.2) is 163 Å². The lowest BCUT2D eigenvalue weighted by Crippen LogP contribution is -2.59. The molecule has 4 saturated carbocycles. The topological polar surface area (TPSA) is 283 Å². The monoisotopic (exact) mass is 838 g/mol.